The molecule has 0 amide bonds. The molecule has 0 N–H and O–H groups in total. The Balaban J connectivity index is 2.15. The predicted octanol–water partition coefficient (Wildman–Crippen LogP) is 1.22. The van der Waals surface area contributed by atoms with Gasteiger partial charge in [0.15, 0.2) is 0 Å². The number of hydrogen-bond acceptors (Lipinski definition) is 3. The molecule has 2 heterocycles. The molecule has 2 aromatic heterocycles. The van der Waals surface area contributed by atoms with Crippen LogP contribution in [0.3, 0.4) is 0 Å². The second-order valence-electron chi connectivity index (χ2n) is 2.72. The molecule has 0 spiro atoms. The number of rotatable bonds is 2. The summed E-state index contributed by atoms with van der Waals surface area (Å²) in [5, 5.41) is 16.7. The first kappa shape index (κ1) is 8.97. The van der Waals surface area contributed by atoms with Crippen molar-refractivity contribution < 1.29 is 0 Å². The van der Waals surface area contributed by atoms with Crippen molar-refractivity contribution >= 4 is 15.9 Å². The maximum atomic E-state index is 8.59. The van der Waals surface area contributed by atoms with Gasteiger partial charge in [0, 0.05) is 12.4 Å². The third-order valence-electron chi connectivity index (χ3n) is 1.65. The second-order valence-corrected chi connectivity index (χ2v) is 3.64. The van der Waals surface area contributed by atoms with E-state index in [9.17, 15) is 0 Å². The van der Waals surface area contributed by atoms with Gasteiger partial charge in [-0.2, -0.15) is 15.5 Å². The van der Waals surface area contributed by atoms with Crippen LogP contribution >= 0.6 is 15.9 Å². The average molecular weight is 252 g/mol. The van der Waals surface area contributed by atoms with Gasteiger partial charge in [-0.1, -0.05) is 0 Å². The molecule has 0 aliphatic heterocycles. The molecule has 0 saturated carbocycles. The lowest BCUT2D eigenvalue weighted by molar-refractivity contribution is 0.503. The van der Waals surface area contributed by atoms with Crippen LogP contribution < -0.4 is 0 Å². The van der Waals surface area contributed by atoms with E-state index < -0.39 is 0 Å². The topological polar surface area (TPSA) is 59.4 Å². The van der Waals surface area contributed by atoms with Gasteiger partial charge in [-0.05, 0) is 15.9 Å². The molecule has 0 aliphatic carbocycles. The lowest BCUT2D eigenvalue weighted by Gasteiger charge is -1.99. The van der Waals surface area contributed by atoms with Crippen molar-refractivity contribution in [3.63, 3.8) is 0 Å². The molecule has 0 fully saturated rings. The van der Waals surface area contributed by atoms with E-state index in [1.54, 1.807) is 21.8 Å². The highest BCUT2D eigenvalue weighted by atomic mass is 79.9. The summed E-state index contributed by atoms with van der Waals surface area (Å²) in [4.78, 5) is 0. The molecule has 6 heteroatoms. The van der Waals surface area contributed by atoms with Crippen LogP contribution in [0.5, 0.6) is 0 Å². The Morgan fingerprint density at radius 1 is 1.29 bits per heavy atom. The molecular weight excluding hydrogens is 246 g/mol. The Morgan fingerprint density at radius 3 is 2.57 bits per heavy atom. The predicted molar refractivity (Wildman–Crippen MR) is 52.3 cm³/mol. The first-order valence-electron chi connectivity index (χ1n) is 3.88. The third-order valence-corrected chi connectivity index (χ3v) is 2.06. The lowest BCUT2D eigenvalue weighted by atomic mass is 10.4. The summed E-state index contributed by atoms with van der Waals surface area (Å²) in [5.41, 5.74) is 0.552. The number of nitriles is 1. The maximum absolute atomic E-state index is 8.59. The smallest absolute Gasteiger partial charge is 0.133 e. The molecule has 0 aromatic carbocycles. The zero-order valence-electron chi connectivity index (χ0n) is 7.13. The van der Waals surface area contributed by atoms with Crippen LogP contribution in [0.2, 0.25) is 0 Å². The summed E-state index contributed by atoms with van der Waals surface area (Å²) in [6, 6.07) is 2.02. The average Bonchev–Trinajstić information content (AvgIpc) is 2.76. The number of nitrogens with zero attached hydrogens (tertiary/aromatic N) is 5. The van der Waals surface area contributed by atoms with E-state index >= 15 is 0 Å². The van der Waals surface area contributed by atoms with Gasteiger partial charge in [-0.3, -0.25) is 0 Å². The standard InChI is InChI=1S/C8H6BrN5/c9-8-3-12-14(5-8)6-13-4-7(1-10)2-11-13/h2-5H,6H2. The summed E-state index contributed by atoms with van der Waals surface area (Å²) >= 11 is 3.30. The monoisotopic (exact) mass is 251 g/mol. The van der Waals surface area contributed by atoms with Gasteiger partial charge in [0.1, 0.15) is 12.7 Å². The molecule has 5 nitrogen and oxygen atoms in total. The minimum absolute atomic E-state index is 0.507. The Labute approximate surface area is 88.7 Å². The fraction of sp³-hybridized carbons (Fsp3) is 0.125. The van der Waals surface area contributed by atoms with E-state index in [2.05, 4.69) is 26.1 Å². The van der Waals surface area contributed by atoms with Gasteiger partial charge < -0.3 is 0 Å². The molecule has 0 radical (unpaired) electrons. The van der Waals surface area contributed by atoms with Gasteiger partial charge >= 0.3 is 0 Å². The van der Waals surface area contributed by atoms with Crippen molar-refractivity contribution in [3.05, 3.63) is 34.8 Å². The third kappa shape index (κ3) is 1.83. The number of hydrogen-bond donors (Lipinski definition) is 0. The van der Waals surface area contributed by atoms with Crippen molar-refractivity contribution in [2.45, 2.75) is 6.67 Å². The first-order chi connectivity index (χ1) is 6.78. The highest BCUT2D eigenvalue weighted by molar-refractivity contribution is 9.10. The molecule has 0 bridgehead atoms. The molecule has 0 unspecified atom stereocenters. The molecule has 14 heavy (non-hydrogen) atoms. The van der Waals surface area contributed by atoms with E-state index in [0.717, 1.165) is 4.47 Å². The van der Waals surface area contributed by atoms with Crippen LogP contribution in [-0.2, 0) is 6.67 Å². The Bertz CT molecular complexity index is 478. The lowest BCUT2D eigenvalue weighted by Crippen LogP contribution is -2.08. The van der Waals surface area contributed by atoms with E-state index in [1.165, 1.54) is 6.20 Å². The largest absolute Gasteiger partial charge is 0.250 e. The van der Waals surface area contributed by atoms with Crippen LogP contribution in [0, 0.1) is 11.3 Å². The van der Waals surface area contributed by atoms with Crippen LogP contribution in [0.4, 0.5) is 0 Å². The first-order valence-corrected chi connectivity index (χ1v) is 4.68. The highest BCUT2D eigenvalue weighted by Gasteiger charge is 1.98. The summed E-state index contributed by atoms with van der Waals surface area (Å²) in [6.07, 6.45) is 6.75. The van der Waals surface area contributed by atoms with Crippen LogP contribution in [-0.4, -0.2) is 19.6 Å². The van der Waals surface area contributed by atoms with Gasteiger partial charge in [-0.25, -0.2) is 9.36 Å². The zero-order valence-corrected chi connectivity index (χ0v) is 8.72. The number of aromatic nitrogens is 4. The van der Waals surface area contributed by atoms with Gasteiger partial charge in [0.2, 0.25) is 0 Å². The van der Waals surface area contributed by atoms with Gasteiger partial charge in [0.25, 0.3) is 0 Å². The van der Waals surface area contributed by atoms with Crippen molar-refractivity contribution in [3.8, 4) is 6.07 Å². The quantitative estimate of drug-likeness (QED) is 0.807. The Hall–Kier alpha value is -1.61. The van der Waals surface area contributed by atoms with E-state index in [4.69, 9.17) is 5.26 Å². The summed E-state index contributed by atoms with van der Waals surface area (Å²) in [7, 11) is 0. The van der Waals surface area contributed by atoms with Crippen LogP contribution in [0.15, 0.2) is 29.3 Å². The molecule has 70 valence electrons. The second kappa shape index (κ2) is 3.64. The van der Waals surface area contributed by atoms with Gasteiger partial charge in [-0.15, -0.1) is 0 Å². The Morgan fingerprint density at radius 2 is 2.00 bits per heavy atom. The molecule has 0 aliphatic rings. The molecule has 0 atom stereocenters. The SMILES string of the molecule is N#Cc1cnn(Cn2cc(Br)cn2)c1. The normalized spacial score (nSPS) is 10.0. The van der Waals surface area contributed by atoms with Crippen molar-refractivity contribution in [2.24, 2.45) is 0 Å². The minimum Gasteiger partial charge on any atom is -0.250 e. The van der Waals surface area contributed by atoms with Crippen LogP contribution in [0.25, 0.3) is 0 Å². The van der Waals surface area contributed by atoms with E-state index in [1.807, 2.05) is 12.3 Å². The minimum atomic E-state index is 0.507. The fourth-order valence-corrected chi connectivity index (χ4v) is 1.39. The van der Waals surface area contributed by atoms with Crippen LogP contribution in [0.1, 0.15) is 5.56 Å². The summed E-state index contributed by atoms with van der Waals surface area (Å²) < 4.78 is 4.29. The molecule has 0 saturated heterocycles. The van der Waals surface area contributed by atoms with Crippen molar-refractivity contribution in [1.82, 2.24) is 19.6 Å². The van der Waals surface area contributed by atoms with Gasteiger partial charge in [0.05, 0.1) is 22.4 Å². The maximum Gasteiger partial charge on any atom is 0.133 e. The zero-order chi connectivity index (χ0) is 9.97. The summed E-state index contributed by atoms with van der Waals surface area (Å²) in [5.74, 6) is 0. The van der Waals surface area contributed by atoms with Crippen molar-refractivity contribution in [1.29, 1.82) is 5.26 Å². The molecule has 2 aromatic rings. The molecular formula is C8H6BrN5. The van der Waals surface area contributed by atoms with E-state index in [0.29, 0.717) is 12.2 Å². The fourth-order valence-electron chi connectivity index (χ4n) is 1.06. The highest BCUT2D eigenvalue weighted by Crippen LogP contribution is 2.06. The van der Waals surface area contributed by atoms with E-state index in [-0.39, 0.29) is 0 Å². The number of halogens is 1. The summed E-state index contributed by atoms with van der Waals surface area (Å²) in [6.45, 7) is 0.507. The Kier molecular flexibility index (Phi) is 2.33. The van der Waals surface area contributed by atoms with Crippen molar-refractivity contribution in [2.75, 3.05) is 0 Å². The molecule has 2 rings (SSSR count).